The lowest BCUT2D eigenvalue weighted by molar-refractivity contribution is -0.394. The second-order valence-electron chi connectivity index (χ2n) is 7.58. The summed E-state index contributed by atoms with van der Waals surface area (Å²) >= 11 is 6.76. The van der Waals surface area contributed by atoms with Crippen LogP contribution in [0.25, 0.3) is 6.08 Å². The van der Waals surface area contributed by atoms with Crippen molar-refractivity contribution in [2.45, 2.75) is 6.54 Å². The molecule has 0 spiro atoms. The Kier molecular flexibility index (Phi) is 7.41. The Morgan fingerprint density at radius 1 is 0.973 bits per heavy atom. The highest BCUT2D eigenvalue weighted by molar-refractivity contribution is 8.18. The first-order valence-corrected chi connectivity index (χ1v) is 11.6. The fraction of sp³-hybridized carbons (Fsp3) is 0.0833. The molecule has 0 aromatic heterocycles. The van der Waals surface area contributed by atoms with Crippen LogP contribution >= 0.6 is 23.4 Å². The Morgan fingerprint density at radius 3 is 2.41 bits per heavy atom. The van der Waals surface area contributed by atoms with Crippen LogP contribution in [0.3, 0.4) is 0 Å². The maximum absolute atomic E-state index is 12.9. The molecule has 188 valence electrons. The van der Waals surface area contributed by atoms with Crippen LogP contribution < -0.4 is 9.47 Å². The summed E-state index contributed by atoms with van der Waals surface area (Å²) in [4.78, 5) is 47.6. The first kappa shape index (κ1) is 25.7. The summed E-state index contributed by atoms with van der Waals surface area (Å²) < 4.78 is 11.0. The van der Waals surface area contributed by atoms with Crippen molar-refractivity contribution in [3.8, 4) is 17.2 Å². The number of nitrogens with zero attached hydrogens (tertiary/aromatic N) is 3. The van der Waals surface area contributed by atoms with E-state index in [9.17, 15) is 29.8 Å². The fourth-order valence-corrected chi connectivity index (χ4v) is 4.49. The molecule has 13 heteroatoms. The van der Waals surface area contributed by atoms with Crippen LogP contribution in [0.2, 0.25) is 5.02 Å². The van der Waals surface area contributed by atoms with E-state index in [1.54, 1.807) is 30.3 Å². The van der Waals surface area contributed by atoms with Gasteiger partial charge in [-0.15, -0.1) is 0 Å². The average molecular weight is 542 g/mol. The smallest absolute Gasteiger partial charge is 0.318 e. The number of hydrogen-bond acceptors (Lipinski definition) is 9. The van der Waals surface area contributed by atoms with Gasteiger partial charge in [0.25, 0.3) is 16.8 Å². The van der Waals surface area contributed by atoms with Crippen molar-refractivity contribution in [2.24, 2.45) is 0 Å². The average Bonchev–Trinajstić information content (AvgIpc) is 3.11. The summed E-state index contributed by atoms with van der Waals surface area (Å²) in [6.07, 6.45) is 1.49. The molecule has 0 radical (unpaired) electrons. The quantitative estimate of drug-likeness (QED) is 0.185. The van der Waals surface area contributed by atoms with Crippen molar-refractivity contribution in [2.75, 3.05) is 7.11 Å². The zero-order chi connectivity index (χ0) is 26.7. The number of carbonyl (C=O) groups is 2. The predicted molar refractivity (Wildman–Crippen MR) is 136 cm³/mol. The molecule has 37 heavy (non-hydrogen) atoms. The normalized spacial score (nSPS) is 14.2. The number of rotatable bonds is 8. The standard InChI is InChI=1S/C24H16ClN3O8S/c1-35-20-7-5-14(10-21(20)36-19-8-6-17(27(31)32)12-18(19)28(33)34)11-22-23(29)26(24(30)37-22)13-15-3-2-4-16(25)9-15/h2-12H,13H2,1H3/b22-11-. The van der Waals surface area contributed by atoms with Gasteiger partial charge in [0.2, 0.25) is 5.75 Å². The van der Waals surface area contributed by atoms with E-state index in [0.29, 0.717) is 16.1 Å². The maximum Gasteiger partial charge on any atom is 0.318 e. The first-order chi connectivity index (χ1) is 17.7. The van der Waals surface area contributed by atoms with Crippen LogP contribution in [-0.2, 0) is 11.3 Å². The van der Waals surface area contributed by atoms with Crippen molar-refractivity contribution in [3.05, 3.63) is 102 Å². The molecule has 3 aromatic carbocycles. The van der Waals surface area contributed by atoms with Crippen LogP contribution in [-0.4, -0.2) is 33.0 Å². The molecule has 11 nitrogen and oxygen atoms in total. The van der Waals surface area contributed by atoms with Gasteiger partial charge in [0.1, 0.15) is 0 Å². The van der Waals surface area contributed by atoms with Gasteiger partial charge in [0, 0.05) is 11.1 Å². The summed E-state index contributed by atoms with van der Waals surface area (Å²) in [5.74, 6) is -0.447. The summed E-state index contributed by atoms with van der Waals surface area (Å²) in [6, 6.07) is 14.4. The second kappa shape index (κ2) is 10.7. The molecule has 1 fully saturated rings. The van der Waals surface area contributed by atoms with E-state index in [1.807, 2.05) is 0 Å². The summed E-state index contributed by atoms with van der Waals surface area (Å²) in [5.41, 5.74) is 0.0755. The molecule has 0 atom stereocenters. The van der Waals surface area contributed by atoms with E-state index in [2.05, 4.69) is 0 Å². The van der Waals surface area contributed by atoms with Crippen LogP contribution in [0.15, 0.2) is 65.6 Å². The molecule has 0 aliphatic carbocycles. The SMILES string of the molecule is COc1ccc(/C=C2\SC(=O)N(Cc3cccc(Cl)c3)C2=O)cc1Oc1ccc([N+](=O)[O-])cc1[N+](=O)[O-]. The van der Waals surface area contributed by atoms with E-state index in [0.717, 1.165) is 34.9 Å². The first-order valence-electron chi connectivity index (χ1n) is 10.4. The molecule has 0 N–H and O–H groups in total. The molecular weight excluding hydrogens is 526 g/mol. The molecule has 3 aromatic rings. The lowest BCUT2D eigenvalue weighted by Crippen LogP contribution is -2.27. The lowest BCUT2D eigenvalue weighted by Gasteiger charge is -2.13. The number of nitro groups is 2. The molecule has 2 amide bonds. The molecule has 0 bridgehead atoms. The van der Waals surface area contributed by atoms with Crippen molar-refractivity contribution in [1.82, 2.24) is 4.90 Å². The largest absolute Gasteiger partial charge is 0.493 e. The Balaban J connectivity index is 1.62. The number of non-ortho nitro benzene ring substituents is 1. The number of carbonyl (C=O) groups excluding carboxylic acids is 2. The third-order valence-electron chi connectivity index (χ3n) is 5.16. The molecular formula is C24H16ClN3O8S. The van der Waals surface area contributed by atoms with E-state index in [-0.39, 0.29) is 28.7 Å². The number of hydrogen-bond donors (Lipinski definition) is 0. The van der Waals surface area contributed by atoms with E-state index in [1.165, 1.54) is 25.3 Å². The van der Waals surface area contributed by atoms with Gasteiger partial charge in [-0.3, -0.25) is 34.7 Å². The highest BCUT2D eigenvalue weighted by Crippen LogP contribution is 2.40. The molecule has 0 saturated carbocycles. The van der Waals surface area contributed by atoms with Crippen LogP contribution in [0.4, 0.5) is 16.2 Å². The minimum atomic E-state index is -0.797. The van der Waals surface area contributed by atoms with Gasteiger partial charge < -0.3 is 9.47 Å². The Hall–Kier alpha value is -4.42. The lowest BCUT2D eigenvalue weighted by atomic mass is 10.1. The number of halogens is 1. The van der Waals surface area contributed by atoms with Crippen LogP contribution in [0, 0.1) is 20.2 Å². The molecule has 4 rings (SSSR count). The highest BCUT2D eigenvalue weighted by atomic mass is 35.5. The molecule has 1 aliphatic heterocycles. The van der Waals surface area contributed by atoms with Gasteiger partial charge in [-0.25, -0.2) is 0 Å². The van der Waals surface area contributed by atoms with Gasteiger partial charge in [-0.05, 0) is 59.3 Å². The van der Waals surface area contributed by atoms with E-state index >= 15 is 0 Å². The number of methoxy groups -OCH3 is 1. The van der Waals surface area contributed by atoms with Gasteiger partial charge in [0.15, 0.2) is 11.5 Å². The zero-order valence-electron chi connectivity index (χ0n) is 19.0. The third-order valence-corrected chi connectivity index (χ3v) is 6.30. The number of thioether (sulfide) groups is 1. The van der Waals surface area contributed by atoms with Crippen molar-refractivity contribution < 1.29 is 28.9 Å². The van der Waals surface area contributed by atoms with Gasteiger partial charge >= 0.3 is 5.69 Å². The van der Waals surface area contributed by atoms with Crippen molar-refractivity contribution in [1.29, 1.82) is 0 Å². The summed E-state index contributed by atoms with van der Waals surface area (Å²) in [5, 5.41) is 22.5. The number of amides is 2. The number of nitro benzene ring substituents is 2. The van der Waals surface area contributed by atoms with Crippen molar-refractivity contribution >= 4 is 52.0 Å². The molecule has 1 aliphatic rings. The number of imide groups is 1. The minimum absolute atomic E-state index is 0.0589. The monoisotopic (exact) mass is 541 g/mol. The maximum atomic E-state index is 12.9. The Bertz CT molecular complexity index is 1480. The number of benzene rings is 3. The van der Waals surface area contributed by atoms with Crippen LogP contribution in [0.1, 0.15) is 11.1 Å². The summed E-state index contributed by atoms with van der Waals surface area (Å²) in [7, 11) is 1.37. The molecule has 1 saturated heterocycles. The Morgan fingerprint density at radius 2 is 1.73 bits per heavy atom. The molecule has 1 heterocycles. The fourth-order valence-electron chi connectivity index (χ4n) is 3.44. The topological polar surface area (TPSA) is 142 Å². The van der Waals surface area contributed by atoms with Gasteiger partial charge in [-0.1, -0.05) is 29.8 Å². The number of ether oxygens (including phenoxy) is 2. The second-order valence-corrected chi connectivity index (χ2v) is 9.01. The minimum Gasteiger partial charge on any atom is -0.493 e. The van der Waals surface area contributed by atoms with Crippen LogP contribution in [0.5, 0.6) is 17.2 Å². The van der Waals surface area contributed by atoms with E-state index in [4.69, 9.17) is 21.1 Å². The zero-order valence-corrected chi connectivity index (χ0v) is 20.5. The molecule has 0 unspecified atom stereocenters. The van der Waals surface area contributed by atoms with Gasteiger partial charge in [-0.2, -0.15) is 0 Å². The van der Waals surface area contributed by atoms with Crippen molar-refractivity contribution in [3.63, 3.8) is 0 Å². The third kappa shape index (κ3) is 5.71. The predicted octanol–water partition coefficient (Wildman–Crippen LogP) is 6.19. The Labute approximate surface area is 218 Å². The van der Waals surface area contributed by atoms with Gasteiger partial charge in [0.05, 0.1) is 34.5 Å². The highest BCUT2D eigenvalue weighted by Gasteiger charge is 2.35. The van der Waals surface area contributed by atoms with E-state index < -0.39 is 32.4 Å². The summed E-state index contributed by atoms with van der Waals surface area (Å²) in [6.45, 7) is 0.0589.